The van der Waals surface area contributed by atoms with Crippen molar-refractivity contribution in [1.29, 1.82) is 0 Å². The van der Waals surface area contributed by atoms with Crippen molar-refractivity contribution in [2.24, 2.45) is 0 Å². The SMILES string of the molecule is COc1ccccc1CC(C)NCCCCn1ccnc1. The Morgan fingerprint density at radius 2 is 2.14 bits per heavy atom. The van der Waals surface area contributed by atoms with E-state index in [2.05, 4.69) is 33.9 Å². The van der Waals surface area contributed by atoms with Crippen LogP contribution in [-0.2, 0) is 13.0 Å². The molecule has 1 N–H and O–H groups in total. The highest BCUT2D eigenvalue weighted by Gasteiger charge is 2.07. The Kier molecular flexibility index (Phi) is 6.28. The van der Waals surface area contributed by atoms with Gasteiger partial charge in [0.15, 0.2) is 0 Å². The Balaban J connectivity index is 1.64. The molecule has 1 aromatic carbocycles. The summed E-state index contributed by atoms with van der Waals surface area (Å²) < 4.78 is 7.52. The first-order valence-corrected chi connectivity index (χ1v) is 7.60. The van der Waals surface area contributed by atoms with Crippen molar-refractivity contribution in [3.05, 3.63) is 48.5 Å². The van der Waals surface area contributed by atoms with Crippen molar-refractivity contribution >= 4 is 0 Å². The fraction of sp³-hybridized carbons (Fsp3) is 0.471. The van der Waals surface area contributed by atoms with Gasteiger partial charge in [-0.2, -0.15) is 0 Å². The molecule has 0 bridgehead atoms. The standard InChI is InChI=1S/C17H25N3O/c1-15(13-16-7-3-4-8-17(16)21-2)19-9-5-6-11-20-12-10-18-14-20/h3-4,7-8,10,12,14-15,19H,5-6,9,11,13H2,1-2H3. The lowest BCUT2D eigenvalue weighted by Gasteiger charge is -2.15. The van der Waals surface area contributed by atoms with Crippen molar-refractivity contribution < 1.29 is 4.74 Å². The van der Waals surface area contributed by atoms with Crippen molar-refractivity contribution in [2.45, 2.75) is 38.8 Å². The third-order valence-electron chi connectivity index (χ3n) is 3.61. The van der Waals surface area contributed by atoms with Crippen LogP contribution in [0.5, 0.6) is 5.75 Å². The molecule has 114 valence electrons. The van der Waals surface area contributed by atoms with E-state index in [1.165, 1.54) is 18.4 Å². The number of nitrogens with zero attached hydrogens (tertiary/aromatic N) is 2. The van der Waals surface area contributed by atoms with E-state index in [0.717, 1.165) is 25.3 Å². The molecule has 1 aromatic heterocycles. The molecule has 0 radical (unpaired) electrons. The van der Waals surface area contributed by atoms with Gasteiger partial charge in [-0.05, 0) is 44.4 Å². The van der Waals surface area contributed by atoms with Crippen molar-refractivity contribution in [2.75, 3.05) is 13.7 Å². The largest absolute Gasteiger partial charge is 0.496 e. The number of para-hydroxylation sites is 1. The molecule has 0 saturated carbocycles. The predicted molar refractivity (Wildman–Crippen MR) is 85.6 cm³/mol. The van der Waals surface area contributed by atoms with E-state index in [4.69, 9.17) is 4.74 Å². The number of nitrogens with one attached hydrogen (secondary N) is 1. The number of benzene rings is 1. The zero-order valence-electron chi connectivity index (χ0n) is 13.0. The third kappa shape index (κ3) is 5.23. The normalized spacial score (nSPS) is 12.3. The van der Waals surface area contributed by atoms with E-state index < -0.39 is 0 Å². The Morgan fingerprint density at radius 3 is 2.90 bits per heavy atom. The molecule has 0 spiro atoms. The molecule has 4 nitrogen and oxygen atoms in total. The van der Waals surface area contributed by atoms with Gasteiger partial charge in [0, 0.05) is 25.0 Å². The average molecular weight is 287 g/mol. The van der Waals surface area contributed by atoms with Crippen LogP contribution in [0.15, 0.2) is 43.0 Å². The van der Waals surface area contributed by atoms with E-state index in [1.54, 1.807) is 7.11 Å². The van der Waals surface area contributed by atoms with Crippen LogP contribution >= 0.6 is 0 Å². The van der Waals surface area contributed by atoms with Crippen LogP contribution in [0, 0.1) is 0 Å². The molecule has 0 aliphatic rings. The van der Waals surface area contributed by atoms with E-state index in [9.17, 15) is 0 Å². The molecule has 2 aromatic rings. The lowest BCUT2D eigenvalue weighted by molar-refractivity contribution is 0.405. The van der Waals surface area contributed by atoms with Gasteiger partial charge in [0.25, 0.3) is 0 Å². The zero-order chi connectivity index (χ0) is 14.9. The summed E-state index contributed by atoms with van der Waals surface area (Å²) in [5, 5.41) is 3.58. The number of rotatable bonds is 9. The van der Waals surface area contributed by atoms with E-state index >= 15 is 0 Å². The van der Waals surface area contributed by atoms with Crippen molar-refractivity contribution in [1.82, 2.24) is 14.9 Å². The molecule has 0 fully saturated rings. The summed E-state index contributed by atoms with van der Waals surface area (Å²) in [5.41, 5.74) is 1.26. The number of aryl methyl sites for hydroxylation is 1. The Hall–Kier alpha value is -1.81. The van der Waals surface area contributed by atoms with Crippen LogP contribution in [0.1, 0.15) is 25.3 Å². The number of ether oxygens (including phenoxy) is 1. The maximum absolute atomic E-state index is 5.39. The topological polar surface area (TPSA) is 39.1 Å². The molecule has 0 amide bonds. The fourth-order valence-electron chi connectivity index (χ4n) is 2.46. The van der Waals surface area contributed by atoms with Gasteiger partial charge < -0.3 is 14.6 Å². The van der Waals surface area contributed by atoms with Crippen LogP contribution in [0.4, 0.5) is 0 Å². The summed E-state index contributed by atoms with van der Waals surface area (Å²) in [6.45, 7) is 4.32. The molecule has 4 heteroatoms. The molecular weight excluding hydrogens is 262 g/mol. The number of aromatic nitrogens is 2. The molecule has 1 heterocycles. The third-order valence-corrected chi connectivity index (χ3v) is 3.61. The minimum absolute atomic E-state index is 0.453. The first kappa shape index (κ1) is 15.6. The minimum Gasteiger partial charge on any atom is -0.496 e. The average Bonchev–Trinajstić information content (AvgIpc) is 3.01. The van der Waals surface area contributed by atoms with Gasteiger partial charge in [-0.15, -0.1) is 0 Å². The summed E-state index contributed by atoms with van der Waals surface area (Å²) in [5.74, 6) is 0.978. The zero-order valence-corrected chi connectivity index (χ0v) is 13.0. The molecule has 21 heavy (non-hydrogen) atoms. The smallest absolute Gasteiger partial charge is 0.122 e. The molecule has 0 saturated heterocycles. The lowest BCUT2D eigenvalue weighted by Crippen LogP contribution is -2.29. The summed E-state index contributed by atoms with van der Waals surface area (Å²) in [6.07, 6.45) is 9.05. The summed E-state index contributed by atoms with van der Waals surface area (Å²) in [7, 11) is 1.73. The maximum Gasteiger partial charge on any atom is 0.122 e. The van der Waals surface area contributed by atoms with E-state index in [0.29, 0.717) is 6.04 Å². The maximum atomic E-state index is 5.39. The van der Waals surface area contributed by atoms with Crippen LogP contribution in [-0.4, -0.2) is 29.2 Å². The molecule has 1 unspecified atom stereocenters. The number of hydrogen-bond acceptors (Lipinski definition) is 3. The second kappa shape index (κ2) is 8.47. The molecule has 2 rings (SSSR count). The number of unbranched alkanes of at least 4 members (excludes halogenated alkanes) is 1. The van der Waals surface area contributed by atoms with Gasteiger partial charge in [-0.25, -0.2) is 4.98 Å². The van der Waals surface area contributed by atoms with Crippen LogP contribution < -0.4 is 10.1 Å². The molecular formula is C17H25N3O. The highest BCUT2D eigenvalue weighted by molar-refractivity contribution is 5.33. The minimum atomic E-state index is 0.453. The summed E-state index contributed by atoms with van der Waals surface area (Å²) >= 11 is 0. The quantitative estimate of drug-likeness (QED) is 0.721. The molecule has 0 aliphatic heterocycles. The van der Waals surface area contributed by atoms with Crippen molar-refractivity contribution in [3.8, 4) is 5.75 Å². The number of imidazole rings is 1. The van der Waals surface area contributed by atoms with Gasteiger partial charge in [-0.1, -0.05) is 18.2 Å². The van der Waals surface area contributed by atoms with Gasteiger partial charge >= 0.3 is 0 Å². The number of methoxy groups -OCH3 is 1. The van der Waals surface area contributed by atoms with Crippen LogP contribution in [0.25, 0.3) is 0 Å². The lowest BCUT2D eigenvalue weighted by atomic mass is 10.1. The molecule has 1 atom stereocenters. The Bertz CT molecular complexity index is 511. The fourth-order valence-corrected chi connectivity index (χ4v) is 2.46. The van der Waals surface area contributed by atoms with Gasteiger partial charge in [-0.3, -0.25) is 0 Å². The number of hydrogen-bond donors (Lipinski definition) is 1. The van der Waals surface area contributed by atoms with Crippen LogP contribution in [0.3, 0.4) is 0 Å². The Morgan fingerprint density at radius 1 is 1.29 bits per heavy atom. The highest BCUT2D eigenvalue weighted by atomic mass is 16.5. The van der Waals surface area contributed by atoms with Gasteiger partial charge in [0.05, 0.1) is 13.4 Å². The summed E-state index contributed by atoms with van der Waals surface area (Å²) in [4.78, 5) is 4.05. The van der Waals surface area contributed by atoms with Gasteiger partial charge in [0.2, 0.25) is 0 Å². The molecule has 0 aliphatic carbocycles. The summed E-state index contributed by atoms with van der Waals surface area (Å²) in [6, 6.07) is 8.68. The van der Waals surface area contributed by atoms with E-state index in [1.807, 2.05) is 30.9 Å². The van der Waals surface area contributed by atoms with Crippen molar-refractivity contribution in [3.63, 3.8) is 0 Å². The van der Waals surface area contributed by atoms with Gasteiger partial charge in [0.1, 0.15) is 5.75 Å². The monoisotopic (exact) mass is 287 g/mol. The first-order valence-electron chi connectivity index (χ1n) is 7.60. The predicted octanol–water partition coefficient (Wildman–Crippen LogP) is 2.89. The highest BCUT2D eigenvalue weighted by Crippen LogP contribution is 2.18. The van der Waals surface area contributed by atoms with E-state index in [-0.39, 0.29) is 0 Å². The second-order valence-corrected chi connectivity index (χ2v) is 5.38. The Labute approximate surface area is 127 Å². The first-order chi connectivity index (χ1) is 10.3. The second-order valence-electron chi connectivity index (χ2n) is 5.38. The van der Waals surface area contributed by atoms with Crippen LogP contribution in [0.2, 0.25) is 0 Å².